The van der Waals surface area contributed by atoms with E-state index in [-0.39, 0.29) is 17.0 Å². The first kappa shape index (κ1) is 25.2. The van der Waals surface area contributed by atoms with E-state index in [4.69, 9.17) is 9.47 Å². The first-order valence-corrected chi connectivity index (χ1v) is 11.3. The van der Waals surface area contributed by atoms with Crippen molar-refractivity contribution < 1.29 is 19.1 Å². The van der Waals surface area contributed by atoms with Crippen LogP contribution in [0.25, 0.3) is 0 Å². The first-order chi connectivity index (χ1) is 13.9. The van der Waals surface area contributed by atoms with E-state index in [0.717, 1.165) is 18.8 Å². The lowest BCUT2D eigenvalue weighted by molar-refractivity contribution is 0.0427. The zero-order valence-corrected chi connectivity index (χ0v) is 18.9. The zero-order valence-electron chi connectivity index (χ0n) is 18.9. The summed E-state index contributed by atoms with van der Waals surface area (Å²) >= 11 is 0. The maximum Gasteiger partial charge on any atom is 0.339 e. The Labute approximate surface area is 177 Å². The maximum atomic E-state index is 12.4. The van der Waals surface area contributed by atoms with Crippen LogP contribution < -0.4 is 0 Å². The van der Waals surface area contributed by atoms with E-state index in [1.807, 2.05) is 13.8 Å². The van der Waals surface area contributed by atoms with Gasteiger partial charge in [-0.3, -0.25) is 0 Å². The summed E-state index contributed by atoms with van der Waals surface area (Å²) in [6.45, 7) is 9.23. The molecule has 0 aliphatic heterocycles. The molecule has 0 amide bonds. The minimum atomic E-state index is -0.473. The standard InChI is InChI=1S/C25H40O4/c1-20(2)15-11-9-7-5-6-8-10-14-18-28-24(26)22-16-12-13-17-23(22)25(27)29-19-21(3)4/h12-13,16-17,20-21H,5-11,14-15,18-19H2,1-4H3. The topological polar surface area (TPSA) is 52.6 Å². The molecule has 164 valence electrons. The second kappa shape index (κ2) is 15.1. The van der Waals surface area contributed by atoms with Crippen LogP contribution in [0.2, 0.25) is 0 Å². The molecule has 29 heavy (non-hydrogen) atoms. The summed E-state index contributed by atoms with van der Waals surface area (Å²) in [7, 11) is 0. The van der Waals surface area contributed by atoms with Gasteiger partial charge in [0.15, 0.2) is 0 Å². The third-order valence-electron chi connectivity index (χ3n) is 4.82. The predicted molar refractivity (Wildman–Crippen MR) is 118 cm³/mol. The van der Waals surface area contributed by atoms with Crippen LogP contribution in [0.1, 0.15) is 106 Å². The second-order valence-corrected chi connectivity index (χ2v) is 8.68. The van der Waals surface area contributed by atoms with Gasteiger partial charge >= 0.3 is 11.9 Å². The average Bonchev–Trinajstić information content (AvgIpc) is 2.69. The van der Waals surface area contributed by atoms with Crippen LogP contribution in [0, 0.1) is 11.8 Å². The van der Waals surface area contributed by atoms with Crippen molar-refractivity contribution >= 4 is 11.9 Å². The molecule has 0 aliphatic carbocycles. The normalized spacial score (nSPS) is 11.1. The van der Waals surface area contributed by atoms with Crippen LogP contribution in [-0.2, 0) is 9.47 Å². The van der Waals surface area contributed by atoms with Crippen molar-refractivity contribution in [3.63, 3.8) is 0 Å². The van der Waals surface area contributed by atoms with Gasteiger partial charge in [-0.1, -0.05) is 91.2 Å². The van der Waals surface area contributed by atoms with Crippen LogP contribution in [0.15, 0.2) is 24.3 Å². The van der Waals surface area contributed by atoms with Crippen LogP contribution in [0.4, 0.5) is 0 Å². The Hall–Kier alpha value is -1.84. The van der Waals surface area contributed by atoms with Crippen LogP contribution in [-0.4, -0.2) is 25.2 Å². The van der Waals surface area contributed by atoms with Gasteiger partial charge in [0.1, 0.15) is 0 Å². The van der Waals surface area contributed by atoms with E-state index >= 15 is 0 Å². The van der Waals surface area contributed by atoms with Crippen molar-refractivity contribution in [2.45, 2.75) is 85.5 Å². The van der Waals surface area contributed by atoms with E-state index in [1.54, 1.807) is 24.3 Å². The van der Waals surface area contributed by atoms with Crippen LogP contribution in [0.5, 0.6) is 0 Å². The first-order valence-electron chi connectivity index (χ1n) is 11.3. The molecule has 0 heterocycles. The van der Waals surface area contributed by atoms with E-state index in [2.05, 4.69) is 13.8 Å². The predicted octanol–water partition coefficient (Wildman–Crippen LogP) is 6.82. The minimum Gasteiger partial charge on any atom is -0.462 e. The van der Waals surface area contributed by atoms with Crippen molar-refractivity contribution in [3.05, 3.63) is 35.4 Å². The number of hydrogen-bond donors (Lipinski definition) is 0. The number of ether oxygens (including phenoxy) is 2. The quantitative estimate of drug-likeness (QED) is 0.238. The Bertz CT molecular complexity index is 592. The number of carbonyl (C=O) groups is 2. The lowest BCUT2D eigenvalue weighted by atomic mass is 10.0. The second-order valence-electron chi connectivity index (χ2n) is 8.68. The number of hydrogen-bond acceptors (Lipinski definition) is 4. The van der Waals surface area contributed by atoms with Gasteiger partial charge in [-0.15, -0.1) is 0 Å². The van der Waals surface area contributed by atoms with Crippen molar-refractivity contribution in [2.75, 3.05) is 13.2 Å². The van der Waals surface area contributed by atoms with Crippen molar-refractivity contribution in [1.82, 2.24) is 0 Å². The minimum absolute atomic E-state index is 0.248. The van der Waals surface area contributed by atoms with Gasteiger partial charge in [0.25, 0.3) is 0 Å². The smallest absolute Gasteiger partial charge is 0.339 e. The number of esters is 2. The fraction of sp³-hybridized carbons (Fsp3) is 0.680. The van der Waals surface area contributed by atoms with E-state index < -0.39 is 11.9 Å². The molecule has 0 fully saturated rings. The molecule has 4 nitrogen and oxygen atoms in total. The fourth-order valence-corrected chi connectivity index (χ4v) is 3.12. The Morgan fingerprint density at radius 1 is 0.690 bits per heavy atom. The van der Waals surface area contributed by atoms with E-state index in [9.17, 15) is 9.59 Å². The molecule has 0 bridgehead atoms. The molecule has 0 radical (unpaired) electrons. The molecule has 1 aromatic rings. The van der Waals surface area contributed by atoms with Crippen molar-refractivity contribution in [1.29, 1.82) is 0 Å². The van der Waals surface area contributed by atoms with Gasteiger partial charge in [-0.05, 0) is 30.4 Å². The fourth-order valence-electron chi connectivity index (χ4n) is 3.12. The third-order valence-corrected chi connectivity index (χ3v) is 4.82. The summed E-state index contributed by atoms with van der Waals surface area (Å²) in [5, 5.41) is 0. The van der Waals surface area contributed by atoms with Gasteiger partial charge in [0.2, 0.25) is 0 Å². The molecule has 0 unspecified atom stereocenters. The summed E-state index contributed by atoms with van der Waals surface area (Å²) in [6, 6.07) is 6.69. The monoisotopic (exact) mass is 404 g/mol. The Morgan fingerprint density at radius 2 is 1.17 bits per heavy atom. The van der Waals surface area contributed by atoms with Gasteiger partial charge in [-0.25, -0.2) is 9.59 Å². The van der Waals surface area contributed by atoms with Gasteiger partial charge in [0.05, 0.1) is 24.3 Å². The Balaban J connectivity index is 2.21. The maximum absolute atomic E-state index is 12.4. The highest BCUT2D eigenvalue weighted by Crippen LogP contribution is 2.14. The molecule has 0 aliphatic rings. The number of unbranched alkanes of at least 4 members (excludes halogenated alkanes) is 7. The molecule has 1 rings (SSSR count). The Morgan fingerprint density at radius 3 is 1.69 bits per heavy atom. The van der Waals surface area contributed by atoms with Crippen LogP contribution in [0.3, 0.4) is 0 Å². The summed E-state index contributed by atoms with van der Waals surface area (Å²) < 4.78 is 10.6. The van der Waals surface area contributed by atoms with Gasteiger partial charge in [0, 0.05) is 0 Å². The zero-order chi connectivity index (χ0) is 21.5. The lowest BCUT2D eigenvalue weighted by Crippen LogP contribution is -2.16. The molecule has 0 N–H and O–H groups in total. The van der Waals surface area contributed by atoms with E-state index in [0.29, 0.717) is 13.2 Å². The molecule has 4 heteroatoms. The molecule has 0 atom stereocenters. The number of rotatable bonds is 15. The number of carbonyl (C=O) groups excluding carboxylic acids is 2. The van der Waals surface area contributed by atoms with Crippen molar-refractivity contribution in [3.8, 4) is 0 Å². The summed E-state index contributed by atoms with van der Waals surface area (Å²) in [5.41, 5.74) is 0.554. The highest BCUT2D eigenvalue weighted by Gasteiger charge is 2.19. The Kier molecular flexibility index (Phi) is 13.1. The molecule has 0 saturated carbocycles. The highest BCUT2D eigenvalue weighted by molar-refractivity contribution is 6.03. The molecule has 0 spiro atoms. The lowest BCUT2D eigenvalue weighted by Gasteiger charge is -2.11. The average molecular weight is 405 g/mol. The highest BCUT2D eigenvalue weighted by atomic mass is 16.5. The van der Waals surface area contributed by atoms with Gasteiger partial charge in [-0.2, -0.15) is 0 Å². The van der Waals surface area contributed by atoms with Crippen LogP contribution >= 0.6 is 0 Å². The summed E-state index contributed by atoms with van der Waals surface area (Å²) in [6.07, 6.45) is 11.0. The third kappa shape index (κ3) is 11.7. The van der Waals surface area contributed by atoms with Crippen molar-refractivity contribution in [2.24, 2.45) is 11.8 Å². The summed E-state index contributed by atoms with van der Waals surface area (Å²) in [4.78, 5) is 24.6. The molecule has 0 aromatic heterocycles. The van der Waals surface area contributed by atoms with E-state index in [1.165, 1.54) is 44.9 Å². The van der Waals surface area contributed by atoms with Gasteiger partial charge < -0.3 is 9.47 Å². The largest absolute Gasteiger partial charge is 0.462 e. The SMILES string of the molecule is CC(C)CCCCCCCCCCOC(=O)c1ccccc1C(=O)OCC(C)C. The molecule has 0 saturated heterocycles. The number of benzene rings is 1. The molecular weight excluding hydrogens is 364 g/mol. The molecular formula is C25H40O4. The molecule has 1 aromatic carbocycles. The summed E-state index contributed by atoms with van der Waals surface area (Å²) in [5.74, 6) is 0.139.